The second-order valence-corrected chi connectivity index (χ2v) is 3.76. The molecule has 0 aliphatic carbocycles. The number of nitrogen functional groups attached to an aromatic ring is 1. The van der Waals surface area contributed by atoms with Crippen LogP contribution >= 0.6 is 0 Å². The number of nitrogens with two attached hydrogens (primary N) is 1. The van der Waals surface area contributed by atoms with Crippen molar-refractivity contribution in [3.8, 4) is 0 Å². The van der Waals surface area contributed by atoms with Crippen molar-refractivity contribution in [3.63, 3.8) is 0 Å². The van der Waals surface area contributed by atoms with Gasteiger partial charge in [-0.15, -0.1) is 0 Å². The summed E-state index contributed by atoms with van der Waals surface area (Å²) in [7, 11) is 3.14. The molecular weight excluding hydrogens is 232 g/mol. The number of methoxy groups -OCH3 is 1. The highest BCUT2D eigenvalue weighted by Crippen LogP contribution is 2.25. The fourth-order valence-corrected chi connectivity index (χ4v) is 1.58. The third-order valence-corrected chi connectivity index (χ3v) is 2.49. The summed E-state index contributed by atoms with van der Waals surface area (Å²) in [6, 6.07) is 6.93. The van der Waals surface area contributed by atoms with Gasteiger partial charge in [-0.05, 0) is 12.1 Å². The highest BCUT2D eigenvalue weighted by molar-refractivity contribution is 5.98. The molecule has 2 rings (SSSR count). The smallest absolute Gasteiger partial charge is 0.340 e. The standard InChI is InChI=1S/C12H14N4O2/c1-16-7-6-10(15-16)14-9-5-3-4-8(11(9)13)12(17)18-2/h3-7H,13H2,1-2H3,(H,14,15). The third kappa shape index (κ3) is 2.27. The predicted octanol–water partition coefficient (Wildman–Crippen LogP) is 1.53. The summed E-state index contributed by atoms with van der Waals surface area (Å²) in [6.07, 6.45) is 1.81. The van der Waals surface area contributed by atoms with Crippen molar-refractivity contribution in [2.75, 3.05) is 18.2 Å². The van der Waals surface area contributed by atoms with E-state index in [0.29, 0.717) is 22.8 Å². The van der Waals surface area contributed by atoms with Gasteiger partial charge < -0.3 is 15.8 Å². The quantitative estimate of drug-likeness (QED) is 0.634. The van der Waals surface area contributed by atoms with E-state index in [9.17, 15) is 4.79 Å². The lowest BCUT2D eigenvalue weighted by molar-refractivity contribution is 0.0602. The molecule has 0 bridgehead atoms. The summed E-state index contributed by atoms with van der Waals surface area (Å²) in [5.74, 6) is 0.198. The van der Waals surface area contributed by atoms with Crippen molar-refractivity contribution in [2.24, 2.45) is 7.05 Å². The minimum atomic E-state index is -0.461. The van der Waals surface area contributed by atoms with Gasteiger partial charge in [0.05, 0.1) is 24.0 Å². The van der Waals surface area contributed by atoms with Gasteiger partial charge >= 0.3 is 5.97 Å². The van der Waals surface area contributed by atoms with Crippen molar-refractivity contribution >= 4 is 23.2 Å². The number of para-hydroxylation sites is 1. The summed E-state index contributed by atoms with van der Waals surface area (Å²) < 4.78 is 6.33. The van der Waals surface area contributed by atoms with Crippen LogP contribution in [0, 0.1) is 0 Å². The Balaban J connectivity index is 2.31. The van der Waals surface area contributed by atoms with E-state index in [2.05, 4.69) is 15.2 Å². The largest absolute Gasteiger partial charge is 0.465 e. The molecular formula is C12H14N4O2. The van der Waals surface area contributed by atoms with Crippen molar-refractivity contribution in [2.45, 2.75) is 0 Å². The zero-order chi connectivity index (χ0) is 13.1. The Morgan fingerprint density at radius 2 is 2.22 bits per heavy atom. The molecule has 2 aromatic rings. The van der Waals surface area contributed by atoms with Gasteiger partial charge in [0.1, 0.15) is 0 Å². The maximum Gasteiger partial charge on any atom is 0.340 e. The molecule has 3 N–H and O–H groups in total. The molecule has 0 radical (unpaired) electrons. The summed E-state index contributed by atoms with van der Waals surface area (Å²) in [5, 5.41) is 7.22. The first-order chi connectivity index (χ1) is 8.61. The Hall–Kier alpha value is -2.50. The van der Waals surface area contributed by atoms with E-state index >= 15 is 0 Å². The fourth-order valence-electron chi connectivity index (χ4n) is 1.58. The first-order valence-electron chi connectivity index (χ1n) is 5.35. The Bertz CT molecular complexity index is 577. The summed E-state index contributed by atoms with van der Waals surface area (Å²) >= 11 is 0. The van der Waals surface area contributed by atoms with Crippen LogP contribution in [0.3, 0.4) is 0 Å². The summed E-state index contributed by atoms with van der Waals surface area (Å²) in [4.78, 5) is 11.5. The topological polar surface area (TPSA) is 82.2 Å². The normalized spacial score (nSPS) is 10.1. The molecule has 0 saturated carbocycles. The van der Waals surface area contributed by atoms with Gasteiger partial charge in [0.25, 0.3) is 0 Å². The first-order valence-corrected chi connectivity index (χ1v) is 5.35. The first kappa shape index (κ1) is 12.0. The molecule has 0 unspecified atom stereocenters. The Morgan fingerprint density at radius 3 is 2.83 bits per heavy atom. The fraction of sp³-hybridized carbons (Fsp3) is 0.167. The predicted molar refractivity (Wildman–Crippen MR) is 68.7 cm³/mol. The van der Waals surface area contributed by atoms with Gasteiger partial charge in [-0.1, -0.05) is 6.07 Å². The minimum absolute atomic E-state index is 0.332. The molecule has 0 amide bonds. The molecule has 1 aromatic heterocycles. The highest BCUT2D eigenvalue weighted by atomic mass is 16.5. The van der Waals surface area contributed by atoms with E-state index in [1.165, 1.54) is 7.11 Å². The number of ether oxygens (including phenoxy) is 1. The number of aromatic nitrogens is 2. The number of nitrogens with one attached hydrogen (secondary N) is 1. The number of anilines is 3. The van der Waals surface area contributed by atoms with E-state index < -0.39 is 5.97 Å². The van der Waals surface area contributed by atoms with E-state index in [-0.39, 0.29) is 0 Å². The van der Waals surface area contributed by atoms with Crippen LogP contribution in [0.2, 0.25) is 0 Å². The van der Waals surface area contributed by atoms with E-state index in [1.54, 1.807) is 22.9 Å². The minimum Gasteiger partial charge on any atom is -0.465 e. The van der Waals surface area contributed by atoms with Crippen LogP contribution in [0.4, 0.5) is 17.2 Å². The van der Waals surface area contributed by atoms with Gasteiger partial charge in [-0.2, -0.15) is 5.10 Å². The zero-order valence-electron chi connectivity index (χ0n) is 10.2. The van der Waals surface area contributed by atoms with Crippen molar-refractivity contribution in [1.29, 1.82) is 0 Å². The number of nitrogens with zero attached hydrogens (tertiary/aromatic N) is 2. The number of benzene rings is 1. The van der Waals surface area contributed by atoms with E-state index in [1.807, 2.05) is 19.3 Å². The molecule has 1 aromatic carbocycles. The molecule has 0 saturated heterocycles. The lowest BCUT2D eigenvalue weighted by atomic mass is 10.1. The van der Waals surface area contributed by atoms with Crippen LogP contribution in [-0.2, 0) is 11.8 Å². The number of rotatable bonds is 3. The van der Waals surface area contributed by atoms with Gasteiger partial charge in [0.2, 0.25) is 0 Å². The van der Waals surface area contributed by atoms with E-state index in [0.717, 1.165) is 0 Å². The number of aryl methyl sites for hydroxylation is 1. The molecule has 0 aliphatic rings. The molecule has 18 heavy (non-hydrogen) atoms. The van der Waals surface area contributed by atoms with Crippen LogP contribution in [0.1, 0.15) is 10.4 Å². The lowest BCUT2D eigenvalue weighted by Crippen LogP contribution is -2.07. The van der Waals surface area contributed by atoms with Crippen molar-refractivity contribution < 1.29 is 9.53 Å². The average Bonchev–Trinajstić information content (AvgIpc) is 2.76. The lowest BCUT2D eigenvalue weighted by Gasteiger charge is -2.10. The monoisotopic (exact) mass is 246 g/mol. The molecule has 0 spiro atoms. The van der Waals surface area contributed by atoms with Gasteiger partial charge in [-0.25, -0.2) is 4.79 Å². The maximum absolute atomic E-state index is 11.5. The highest BCUT2D eigenvalue weighted by Gasteiger charge is 2.13. The number of carbonyl (C=O) groups is 1. The Kier molecular flexibility index (Phi) is 3.18. The van der Waals surface area contributed by atoms with Crippen LogP contribution in [0.15, 0.2) is 30.5 Å². The number of carbonyl (C=O) groups excluding carboxylic acids is 1. The summed E-state index contributed by atoms with van der Waals surface area (Å²) in [5.41, 5.74) is 7.21. The number of esters is 1. The maximum atomic E-state index is 11.5. The number of hydrogen-bond acceptors (Lipinski definition) is 5. The number of hydrogen-bond donors (Lipinski definition) is 2. The van der Waals surface area contributed by atoms with Crippen LogP contribution in [0.25, 0.3) is 0 Å². The summed E-state index contributed by atoms with van der Waals surface area (Å²) in [6.45, 7) is 0. The zero-order valence-corrected chi connectivity index (χ0v) is 10.2. The molecule has 0 atom stereocenters. The van der Waals surface area contributed by atoms with Crippen LogP contribution in [-0.4, -0.2) is 22.9 Å². The molecule has 6 heteroatoms. The van der Waals surface area contributed by atoms with Gasteiger partial charge in [0, 0.05) is 19.3 Å². The van der Waals surface area contributed by atoms with Crippen LogP contribution < -0.4 is 11.1 Å². The molecule has 0 fully saturated rings. The Morgan fingerprint density at radius 1 is 1.44 bits per heavy atom. The van der Waals surface area contributed by atoms with Gasteiger partial charge in [-0.3, -0.25) is 4.68 Å². The van der Waals surface area contributed by atoms with Crippen molar-refractivity contribution in [1.82, 2.24) is 9.78 Å². The Labute approximate surface area is 104 Å². The molecule has 6 nitrogen and oxygen atoms in total. The average molecular weight is 246 g/mol. The van der Waals surface area contributed by atoms with E-state index in [4.69, 9.17) is 5.73 Å². The molecule has 94 valence electrons. The van der Waals surface area contributed by atoms with Gasteiger partial charge in [0.15, 0.2) is 5.82 Å². The SMILES string of the molecule is COC(=O)c1cccc(Nc2ccn(C)n2)c1N. The second-order valence-electron chi connectivity index (χ2n) is 3.76. The second kappa shape index (κ2) is 4.79. The van der Waals surface area contributed by atoms with Crippen molar-refractivity contribution in [3.05, 3.63) is 36.0 Å². The van der Waals surface area contributed by atoms with Crippen LogP contribution in [0.5, 0.6) is 0 Å². The molecule has 1 heterocycles. The molecule has 0 aliphatic heterocycles. The third-order valence-electron chi connectivity index (χ3n) is 2.49.